The summed E-state index contributed by atoms with van der Waals surface area (Å²) in [6, 6.07) is 0. The molecule has 1 N–H and O–H groups in total. The SMILES string of the molecule is O=C1NC(=O)C2=C1C=CCC2. The molecule has 0 radical (unpaired) electrons. The van der Waals surface area contributed by atoms with Crippen molar-refractivity contribution in [2.45, 2.75) is 12.8 Å². The van der Waals surface area contributed by atoms with E-state index >= 15 is 0 Å². The Labute approximate surface area is 63.8 Å². The van der Waals surface area contributed by atoms with Crippen molar-refractivity contribution in [1.29, 1.82) is 0 Å². The third-order valence-corrected chi connectivity index (χ3v) is 1.92. The average Bonchev–Trinajstić information content (AvgIpc) is 2.30. The zero-order valence-electron chi connectivity index (χ0n) is 5.89. The summed E-state index contributed by atoms with van der Waals surface area (Å²) in [6.45, 7) is 0. The minimum Gasteiger partial charge on any atom is -0.288 e. The van der Waals surface area contributed by atoms with Gasteiger partial charge in [0, 0.05) is 11.1 Å². The van der Waals surface area contributed by atoms with Gasteiger partial charge < -0.3 is 0 Å². The first kappa shape index (κ1) is 6.34. The molecule has 1 aliphatic carbocycles. The Kier molecular flexibility index (Phi) is 1.18. The molecule has 1 heterocycles. The molecule has 2 amide bonds. The van der Waals surface area contributed by atoms with Crippen LogP contribution in [0, 0.1) is 0 Å². The topological polar surface area (TPSA) is 46.2 Å². The summed E-state index contributed by atoms with van der Waals surface area (Å²) >= 11 is 0. The molecule has 0 aromatic rings. The fraction of sp³-hybridized carbons (Fsp3) is 0.250. The summed E-state index contributed by atoms with van der Waals surface area (Å²) in [4.78, 5) is 22.0. The van der Waals surface area contributed by atoms with E-state index in [-0.39, 0.29) is 11.8 Å². The lowest BCUT2D eigenvalue weighted by Gasteiger charge is -2.01. The molecule has 1 aliphatic heterocycles. The van der Waals surface area contributed by atoms with E-state index in [9.17, 15) is 9.59 Å². The van der Waals surface area contributed by atoms with E-state index < -0.39 is 0 Å². The van der Waals surface area contributed by atoms with Crippen molar-refractivity contribution in [1.82, 2.24) is 5.32 Å². The fourth-order valence-corrected chi connectivity index (χ4v) is 1.36. The van der Waals surface area contributed by atoms with Gasteiger partial charge in [-0.3, -0.25) is 14.9 Å². The molecule has 2 aliphatic rings. The Morgan fingerprint density at radius 2 is 2.09 bits per heavy atom. The number of imide groups is 1. The van der Waals surface area contributed by atoms with Crippen LogP contribution in [0.4, 0.5) is 0 Å². The lowest BCUT2D eigenvalue weighted by atomic mass is 10.00. The van der Waals surface area contributed by atoms with Crippen LogP contribution in [0.15, 0.2) is 23.3 Å². The third-order valence-electron chi connectivity index (χ3n) is 1.92. The maximum Gasteiger partial charge on any atom is 0.258 e. The summed E-state index contributed by atoms with van der Waals surface area (Å²) in [6.07, 6.45) is 5.19. The van der Waals surface area contributed by atoms with Crippen molar-refractivity contribution in [3.8, 4) is 0 Å². The van der Waals surface area contributed by atoms with E-state index in [0.717, 1.165) is 6.42 Å². The Balaban J connectivity index is 2.49. The highest BCUT2D eigenvalue weighted by Crippen LogP contribution is 2.22. The van der Waals surface area contributed by atoms with Crippen LogP contribution in [-0.2, 0) is 9.59 Å². The molecule has 0 fully saturated rings. The molecule has 2 rings (SSSR count). The first-order valence-corrected chi connectivity index (χ1v) is 3.54. The van der Waals surface area contributed by atoms with Gasteiger partial charge >= 0.3 is 0 Å². The summed E-state index contributed by atoms with van der Waals surface area (Å²) in [5.41, 5.74) is 1.21. The minimum absolute atomic E-state index is 0.214. The third kappa shape index (κ3) is 0.808. The smallest absolute Gasteiger partial charge is 0.258 e. The van der Waals surface area contributed by atoms with Gasteiger partial charge in [0.1, 0.15) is 0 Å². The first-order valence-electron chi connectivity index (χ1n) is 3.54. The Morgan fingerprint density at radius 3 is 2.82 bits per heavy atom. The number of amides is 2. The zero-order chi connectivity index (χ0) is 7.84. The zero-order valence-corrected chi connectivity index (χ0v) is 5.89. The van der Waals surface area contributed by atoms with Crippen molar-refractivity contribution >= 4 is 11.8 Å². The molecule has 11 heavy (non-hydrogen) atoms. The molecule has 56 valence electrons. The van der Waals surface area contributed by atoms with E-state index in [1.54, 1.807) is 6.08 Å². The molecule has 0 aromatic heterocycles. The maximum absolute atomic E-state index is 11.0. The average molecular weight is 149 g/mol. The number of carbonyl (C=O) groups excluding carboxylic acids is 2. The Morgan fingerprint density at radius 1 is 1.27 bits per heavy atom. The van der Waals surface area contributed by atoms with Crippen LogP contribution in [-0.4, -0.2) is 11.8 Å². The Bertz CT molecular complexity index is 299. The molecule has 3 heteroatoms. The molecular formula is C8H7NO2. The number of allylic oxidation sites excluding steroid dienone is 1. The molecule has 0 bridgehead atoms. The maximum atomic E-state index is 11.0. The van der Waals surface area contributed by atoms with Gasteiger partial charge in [0.15, 0.2) is 0 Å². The van der Waals surface area contributed by atoms with E-state index in [1.165, 1.54) is 0 Å². The predicted molar refractivity (Wildman–Crippen MR) is 38.5 cm³/mol. The molecular weight excluding hydrogens is 142 g/mol. The molecule has 0 saturated heterocycles. The normalized spacial score (nSPS) is 22.2. The predicted octanol–water partition coefficient (Wildman–Crippen LogP) is 0.289. The van der Waals surface area contributed by atoms with E-state index in [1.807, 2.05) is 6.08 Å². The standard InChI is InChI=1S/C8H7NO2/c10-7-5-3-1-2-4-6(5)8(11)9-7/h1,3H,2,4H2,(H,9,10,11). The molecule has 0 aromatic carbocycles. The summed E-state index contributed by atoms with van der Waals surface area (Å²) in [5, 5.41) is 2.26. The number of nitrogens with one attached hydrogen (secondary N) is 1. The van der Waals surface area contributed by atoms with Gasteiger partial charge in [-0.25, -0.2) is 0 Å². The van der Waals surface area contributed by atoms with Gasteiger partial charge in [-0.2, -0.15) is 0 Å². The molecule has 0 unspecified atom stereocenters. The van der Waals surface area contributed by atoms with Crippen LogP contribution in [0.2, 0.25) is 0 Å². The highest BCUT2D eigenvalue weighted by atomic mass is 16.2. The molecule has 0 atom stereocenters. The van der Waals surface area contributed by atoms with Gasteiger partial charge in [0.2, 0.25) is 0 Å². The summed E-state index contributed by atoms with van der Waals surface area (Å²) < 4.78 is 0. The van der Waals surface area contributed by atoms with Crippen molar-refractivity contribution in [3.63, 3.8) is 0 Å². The minimum atomic E-state index is -0.249. The van der Waals surface area contributed by atoms with Crippen molar-refractivity contribution in [2.75, 3.05) is 0 Å². The van der Waals surface area contributed by atoms with Crippen molar-refractivity contribution < 1.29 is 9.59 Å². The summed E-state index contributed by atoms with van der Waals surface area (Å²) in [5.74, 6) is -0.463. The lowest BCUT2D eigenvalue weighted by molar-refractivity contribution is -0.124. The largest absolute Gasteiger partial charge is 0.288 e. The van der Waals surface area contributed by atoms with Crippen LogP contribution < -0.4 is 5.32 Å². The van der Waals surface area contributed by atoms with Gasteiger partial charge in [-0.05, 0) is 12.8 Å². The van der Waals surface area contributed by atoms with E-state index in [4.69, 9.17) is 0 Å². The fourth-order valence-electron chi connectivity index (χ4n) is 1.36. The summed E-state index contributed by atoms with van der Waals surface area (Å²) in [7, 11) is 0. The monoisotopic (exact) mass is 149 g/mol. The van der Waals surface area contributed by atoms with E-state index in [0.29, 0.717) is 17.6 Å². The van der Waals surface area contributed by atoms with Gasteiger partial charge in [-0.15, -0.1) is 0 Å². The first-order chi connectivity index (χ1) is 5.29. The van der Waals surface area contributed by atoms with Crippen molar-refractivity contribution in [2.24, 2.45) is 0 Å². The molecule has 0 spiro atoms. The highest BCUT2D eigenvalue weighted by molar-refractivity contribution is 6.20. The second-order valence-corrected chi connectivity index (χ2v) is 2.62. The van der Waals surface area contributed by atoms with Crippen LogP contribution >= 0.6 is 0 Å². The van der Waals surface area contributed by atoms with Crippen LogP contribution in [0.5, 0.6) is 0 Å². The van der Waals surface area contributed by atoms with Crippen LogP contribution in [0.1, 0.15) is 12.8 Å². The second kappa shape index (κ2) is 2.05. The number of rotatable bonds is 0. The lowest BCUT2D eigenvalue weighted by Crippen LogP contribution is -2.22. The number of carbonyl (C=O) groups is 2. The number of hydrogen-bond acceptors (Lipinski definition) is 2. The highest BCUT2D eigenvalue weighted by Gasteiger charge is 2.28. The van der Waals surface area contributed by atoms with E-state index in [2.05, 4.69) is 5.32 Å². The molecule has 0 saturated carbocycles. The molecule has 3 nitrogen and oxygen atoms in total. The van der Waals surface area contributed by atoms with Crippen molar-refractivity contribution in [3.05, 3.63) is 23.3 Å². The second-order valence-electron chi connectivity index (χ2n) is 2.62. The van der Waals surface area contributed by atoms with Gasteiger partial charge in [0.25, 0.3) is 11.8 Å². The number of hydrogen-bond donors (Lipinski definition) is 1. The van der Waals surface area contributed by atoms with Gasteiger partial charge in [0.05, 0.1) is 0 Å². The van der Waals surface area contributed by atoms with Gasteiger partial charge in [-0.1, -0.05) is 12.2 Å². The Hall–Kier alpha value is -1.38. The quantitative estimate of drug-likeness (QED) is 0.503. The van der Waals surface area contributed by atoms with Crippen LogP contribution in [0.3, 0.4) is 0 Å². The van der Waals surface area contributed by atoms with Crippen LogP contribution in [0.25, 0.3) is 0 Å².